The molecular formula is C30H28FN7O3. The van der Waals surface area contributed by atoms with Crippen molar-refractivity contribution in [2.24, 2.45) is 7.05 Å². The molecule has 0 radical (unpaired) electrons. The summed E-state index contributed by atoms with van der Waals surface area (Å²) in [6, 6.07) is 9.07. The van der Waals surface area contributed by atoms with Gasteiger partial charge in [-0.25, -0.2) is 14.3 Å². The predicted molar refractivity (Wildman–Crippen MR) is 153 cm³/mol. The van der Waals surface area contributed by atoms with Gasteiger partial charge in [0.1, 0.15) is 17.5 Å². The van der Waals surface area contributed by atoms with E-state index < -0.39 is 23.1 Å². The van der Waals surface area contributed by atoms with E-state index >= 15 is 4.39 Å². The molecule has 2 aromatic carbocycles. The second kappa shape index (κ2) is 10.1. The summed E-state index contributed by atoms with van der Waals surface area (Å²) in [5.41, 5.74) is 2.71. The molecule has 0 spiro atoms. The third-order valence-corrected chi connectivity index (χ3v) is 6.73. The van der Waals surface area contributed by atoms with Gasteiger partial charge in [-0.05, 0) is 69.5 Å². The molecule has 0 bridgehead atoms. The number of halogens is 1. The Balaban J connectivity index is 1.67. The lowest BCUT2D eigenvalue weighted by atomic mass is 9.92. The number of hydrogen-bond acceptors (Lipinski definition) is 7. The first kappa shape index (κ1) is 27.5. The normalized spacial score (nSPS) is 11.6. The Bertz CT molecular complexity index is 1960. The number of ether oxygens (including phenoxy) is 1. The van der Waals surface area contributed by atoms with Gasteiger partial charge in [0.15, 0.2) is 0 Å². The zero-order valence-electron chi connectivity index (χ0n) is 23.5. The molecule has 5 rings (SSSR count). The van der Waals surface area contributed by atoms with Crippen LogP contribution in [-0.4, -0.2) is 36.7 Å². The Hall–Kier alpha value is -5.11. The number of aromatic nitrogens is 5. The fraction of sp³-hybridized carbons (Fsp3) is 0.267. The maximum Gasteiger partial charge on any atom is 0.407 e. The van der Waals surface area contributed by atoms with E-state index in [0.29, 0.717) is 49.8 Å². The summed E-state index contributed by atoms with van der Waals surface area (Å²) >= 11 is 0. The number of rotatable bonds is 4. The van der Waals surface area contributed by atoms with Crippen molar-refractivity contribution in [3.05, 3.63) is 75.2 Å². The molecule has 41 heavy (non-hydrogen) atoms. The van der Waals surface area contributed by atoms with Crippen molar-refractivity contribution in [2.45, 2.75) is 46.8 Å². The van der Waals surface area contributed by atoms with Crippen LogP contribution < -0.4 is 10.9 Å². The minimum atomic E-state index is -0.679. The number of pyridine rings is 1. The van der Waals surface area contributed by atoms with Crippen LogP contribution in [0.5, 0.6) is 0 Å². The number of nitrogens with zero attached hydrogens (tertiary/aromatic N) is 5. The highest BCUT2D eigenvalue weighted by Crippen LogP contribution is 2.40. The van der Waals surface area contributed by atoms with Gasteiger partial charge in [-0.3, -0.25) is 14.5 Å². The molecule has 0 aliphatic carbocycles. The minimum absolute atomic E-state index is 0.00624. The summed E-state index contributed by atoms with van der Waals surface area (Å²) in [4.78, 5) is 29.3. The second-order valence-electron chi connectivity index (χ2n) is 10.9. The summed E-state index contributed by atoms with van der Waals surface area (Å²) in [5.74, 6) is -0.535. The molecule has 10 nitrogen and oxygen atoms in total. The first-order valence-corrected chi connectivity index (χ1v) is 12.9. The van der Waals surface area contributed by atoms with Crippen LogP contribution in [0.4, 0.5) is 9.18 Å². The number of nitriles is 1. The standard InChI is InChI=1S/C30H28FN7O3/c1-15-9-19-16(2)25(31)24(21(11-32)26(19)33-12-15)27-22(13-35-38(27)6)17-7-8-18-20(10-17)23(36-37-28(18)39)14-34-29(40)41-30(3,4)5/h7-10,12-13H,14H2,1-6H3,(H,34,40)(H,37,39). The molecule has 3 aromatic heterocycles. The van der Waals surface area contributed by atoms with E-state index in [0.717, 1.165) is 5.56 Å². The molecule has 0 atom stereocenters. The highest BCUT2D eigenvalue weighted by Gasteiger charge is 2.26. The predicted octanol–water partition coefficient (Wildman–Crippen LogP) is 5.19. The van der Waals surface area contributed by atoms with Crippen LogP contribution in [-0.2, 0) is 18.3 Å². The van der Waals surface area contributed by atoms with Crippen molar-refractivity contribution < 1.29 is 13.9 Å². The van der Waals surface area contributed by atoms with E-state index in [1.54, 1.807) is 65.3 Å². The van der Waals surface area contributed by atoms with Crippen LogP contribution in [0.1, 0.15) is 43.2 Å². The van der Waals surface area contributed by atoms with Gasteiger partial charge >= 0.3 is 6.09 Å². The molecule has 3 heterocycles. The van der Waals surface area contributed by atoms with E-state index in [2.05, 4.69) is 31.7 Å². The largest absolute Gasteiger partial charge is 0.444 e. The zero-order chi connectivity index (χ0) is 29.6. The average molecular weight is 554 g/mol. The summed E-state index contributed by atoms with van der Waals surface area (Å²) in [7, 11) is 1.67. The third kappa shape index (κ3) is 5.00. The number of benzene rings is 2. The summed E-state index contributed by atoms with van der Waals surface area (Å²) in [5, 5.41) is 25.2. The molecule has 0 saturated heterocycles. The van der Waals surface area contributed by atoms with Crippen molar-refractivity contribution in [1.29, 1.82) is 5.26 Å². The molecule has 0 aliphatic heterocycles. The highest BCUT2D eigenvalue weighted by atomic mass is 19.1. The molecule has 5 aromatic rings. The van der Waals surface area contributed by atoms with Gasteiger partial charge in [0.25, 0.3) is 5.56 Å². The summed E-state index contributed by atoms with van der Waals surface area (Å²) < 4.78 is 22.9. The number of fused-ring (bicyclic) bond motifs is 2. The molecule has 0 saturated carbocycles. The SMILES string of the molecule is Cc1cnc2c(C#N)c(-c3c(-c4ccc5c(=O)[nH]nc(CNC(=O)OC(C)(C)C)c5c4)cnn3C)c(F)c(C)c2c1. The van der Waals surface area contributed by atoms with Crippen LogP contribution in [0.15, 0.2) is 41.5 Å². The van der Waals surface area contributed by atoms with Crippen LogP contribution in [0.3, 0.4) is 0 Å². The van der Waals surface area contributed by atoms with Gasteiger partial charge in [-0.2, -0.15) is 15.5 Å². The van der Waals surface area contributed by atoms with Gasteiger partial charge in [0.05, 0.1) is 46.2 Å². The molecule has 0 aliphatic rings. The maximum absolute atomic E-state index is 16.1. The number of aryl methyl sites for hydroxylation is 3. The van der Waals surface area contributed by atoms with Crippen LogP contribution in [0.2, 0.25) is 0 Å². The van der Waals surface area contributed by atoms with Crippen molar-refractivity contribution in [1.82, 2.24) is 30.3 Å². The fourth-order valence-corrected chi connectivity index (χ4v) is 4.86. The lowest BCUT2D eigenvalue weighted by Gasteiger charge is -2.19. The van der Waals surface area contributed by atoms with Crippen LogP contribution >= 0.6 is 0 Å². The molecular weight excluding hydrogens is 525 g/mol. The van der Waals surface area contributed by atoms with Crippen molar-refractivity contribution >= 4 is 27.8 Å². The smallest absolute Gasteiger partial charge is 0.407 e. The Kier molecular flexibility index (Phi) is 6.78. The average Bonchev–Trinajstić information content (AvgIpc) is 3.29. The Labute approximate surface area is 234 Å². The number of nitrogens with one attached hydrogen (secondary N) is 2. The van der Waals surface area contributed by atoms with E-state index in [9.17, 15) is 14.9 Å². The molecule has 11 heteroatoms. The van der Waals surface area contributed by atoms with E-state index in [1.165, 1.54) is 4.68 Å². The lowest BCUT2D eigenvalue weighted by molar-refractivity contribution is 0.0523. The van der Waals surface area contributed by atoms with E-state index in [-0.39, 0.29) is 17.7 Å². The number of carbonyl (C=O) groups is 1. The molecule has 2 N–H and O–H groups in total. The fourth-order valence-electron chi connectivity index (χ4n) is 4.86. The number of hydrogen-bond donors (Lipinski definition) is 2. The van der Waals surface area contributed by atoms with E-state index in [4.69, 9.17) is 4.74 Å². The van der Waals surface area contributed by atoms with Crippen LogP contribution in [0.25, 0.3) is 44.1 Å². The Morgan fingerprint density at radius 1 is 1.17 bits per heavy atom. The van der Waals surface area contributed by atoms with Gasteiger partial charge in [-0.15, -0.1) is 0 Å². The number of alkyl carbamates (subject to hydrolysis) is 1. The maximum atomic E-state index is 16.1. The number of H-pyrrole nitrogens is 1. The number of amides is 1. The lowest BCUT2D eigenvalue weighted by Crippen LogP contribution is -2.32. The van der Waals surface area contributed by atoms with Gasteiger partial charge in [0.2, 0.25) is 0 Å². The quantitative estimate of drug-likeness (QED) is 0.312. The van der Waals surface area contributed by atoms with Gasteiger partial charge in [-0.1, -0.05) is 6.07 Å². The molecule has 208 valence electrons. The second-order valence-corrected chi connectivity index (χ2v) is 10.9. The topological polar surface area (TPSA) is 139 Å². The Morgan fingerprint density at radius 2 is 1.93 bits per heavy atom. The molecule has 1 amide bonds. The molecule has 0 fully saturated rings. The van der Waals surface area contributed by atoms with Crippen LogP contribution in [0, 0.1) is 31.0 Å². The summed E-state index contributed by atoms with van der Waals surface area (Å²) in [6.45, 7) is 8.79. The first-order valence-electron chi connectivity index (χ1n) is 12.9. The van der Waals surface area contributed by atoms with Crippen molar-refractivity contribution in [2.75, 3.05) is 0 Å². The van der Waals surface area contributed by atoms with Crippen molar-refractivity contribution in [3.8, 4) is 28.5 Å². The minimum Gasteiger partial charge on any atom is -0.444 e. The molecule has 0 unspecified atom stereocenters. The third-order valence-electron chi connectivity index (χ3n) is 6.73. The van der Waals surface area contributed by atoms with Gasteiger partial charge in [0, 0.05) is 29.6 Å². The monoisotopic (exact) mass is 553 g/mol. The number of aromatic amines is 1. The first-order chi connectivity index (χ1) is 19.4. The highest BCUT2D eigenvalue weighted by molar-refractivity contribution is 5.98. The number of carbonyl (C=O) groups excluding carboxylic acids is 1. The van der Waals surface area contributed by atoms with E-state index in [1.807, 2.05) is 13.0 Å². The Morgan fingerprint density at radius 3 is 2.63 bits per heavy atom. The van der Waals surface area contributed by atoms with Crippen molar-refractivity contribution in [3.63, 3.8) is 0 Å². The van der Waals surface area contributed by atoms with Gasteiger partial charge < -0.3 is 10.1 Å². The summed E-state index contributed by atoms with van der Waals surface area (Å²) in [6.07, 6.45) is 2.60. The zero-order valence-corrected chi connectivity index (χ0v) is 23.5.